The summed E-state index contributed by atoms with van der Waals surface area (Å²) in [5.41, 5.74) is 0.658. The van der Waals surface area contributed by atoms with Crippen molar-refractivity contribution in [3.63, 3.8) is 0 Å². The van der Waals surface area contributed by atoms with Gasteiger partial charge in [0, 0.05) is 0 Å². The van der Waals surface area contributed by atoms with Crippen LogP contribution in [0, 0.1) is 0 Å². The average Bonchev–Trinajstić information content (AvgIpc) is 3.09. The van der Waals surface area contributed by atoms with Crippen molar-refractivity contribution in [3.05, 3.63) is 58.9 Å². The predicted molar refractivity (Wildman–Crippen MR) is 105 cm³/mol. The van der Waals surface area contributed by atoms with Crippen LogP contribution in [0.5, 0.6) is 17.2 Å². The molecule has 7 nitrogen and oxygen atoms in total. The highest BCUT2D eigenvalue weighted by molar-refractivity contribution is 7.98. The van der Waals surface area contributed by atoms with Gasteiger partial charge in [0.2, 0.25) is 5.16 Å². The van der Waals surface area contributed by atoms with Crippen LogP contribution in [0.15, 0.2) is 52.7 Å². The molecule has 3 aromatic rings. The standard InChI is InChI=1S/C18H17ClN4O3S/c1-25-15-9-12(8-14(19)17(15)24)10-20-23-16(21-22-18(23)27-2)11-26-13-6-4-3-5-7-13/h3-10,24H,11H2,1-2H3/b20-10-. The number of hydrogen-bond donors (Lipinski definition) is 1. The number of phenolic OH excluding ortho intramolecular Hbond substituents is 1. The monoisotopic (exact) mass is 404 g/mol. The fourth-order valence-electron chi connectivity index (χ4n) is 2.24. The predicted octanol–water partition coefficient (Wildman–Crippen LogP) is 3.83. The van der Waals surface area contributed by atoms with Gasteiger partial charge in [-0.25, -0.2) is 0 Å². The number of aromatic hydroxyl groups is 1. The Morgan fingerprint density at radius 3 is 2.74 bits per heavy atom. The fraction of sp³-hybridized carbons (Fsp3) is 0.167. The fourth-order valence-corrected chi connectivity index (χ4v) is 2.91. The van der Waals surface area contributed by atoms with E-state index in [0.717, 1.165) is 5.75 Å². The smallest absolute Gasteiger partial charge is 0.211 e. The Bertz CT molecular complexity index is 947. The number of halogens is 1. The van der Waals surface area contributed by atoms with Crippen molar-refractivity contribution in [2.24, 2.45) is 5.10 Å². The molecule has 0 saturated carbocycles. The number of hydrogen-bond acceptors (Lipinski definition) is 7. The van der Waals surface area contributed by atoms with Crippen molar-refractivity contribution < 1.29 is 14.6 Å². The Hall–Kier alpha value is -2.71. The van der Waals surface area contributed by atoms with Crippen LogP contribution in [0.1, 0.15) is 11.4 Å². The number of thioether (sulfide) groups is 1. The van der Waals surface area contributed by atoms with E-state index in [1.807, 2.05) is 36.6 Å². The molecule has 2 aromatic carbocycles. The van der Waals surface area contributed by atoms with Crippen LogP contribution in [0.3, 0.4) is 0 Å². The molecule has 0 bridgehead atoms. The van der Waals surface area contributed by atoms with E-state index in [-0.39, 0.29) is 23.1 Å². The molecule has 1 aromatic heterocycles. The summed E-state index contributed by atoms with van der Waals surface area (Å²) in [7, 11) is 1.46. The molecule has 27 heavy (non-hydrogen) atoms. The van der Waals surface area contributed by atoms with E-state index in [4.69, 9.17) is 21.1 Å². The lowest BCUT2D eigenvalue weighted by atomic mass is 10.2. The van der Waals surface area contributed by atoms with Crippen LogP contribution in [0.4, 0.5) is 0 Å². The van der Waals surface area contributed by atoms with Gasteiger partial charge in [0.05, 0.1) is 18.3 Å². The molecular formula is C18H17ClN4O3S. The molecule has 0 amide bonds. The molecule has 3 rings (SSSR count). The van der Waals surface area contributed by atoms with Gasteiger partial charge < -0.3 is 14.6 Å². The van der Waals surface area contributed by atoms with E-state index in [1.54, 1.807) is 23.0 Å². The van der Waals surface area contributed by atoms with E-state index in [2.05, 4.69) is 15.3 Å². The summed E-state index contributed by atoms with van der Waals surface area (Å²) < 4.78 is 12.4. The molecule has 1 N–H and O–H groups in total. The largest absolute Gasteiger partial charge is 0.503 e. The first-order valence-electron chi connectivity index (χ1n) is 7.89. The van der Waals surface area contributed by atoms with Gasteiger partial charge in [-0.1, -0.05) is 41.6 Å². The normalized spacial score (nSPS) is 11.1. The van der Waals surface area contributed by atoms with Crippen molar-refractivity contribution in [2.75, 3.05) is 13.4 Å². The van der Waals surface area contributed by atoms with Crippen LogP contribution in [0.25, 0.3) is 0 Å². The van der Waals surface area contributed by atoms with Gasteiger partial charge in [0.1, 0.15) is 12.4 Å². The Kier molecular flexibility index (Phi) is 6.20. The van der Waals surface area contributed by atoms with E-state index in [0.29, 0.717) is 16.5 Å². The molecular weight excluding hydrogens is 388 g/mol. The van der Waals surface area contributed by atoms with Crippen molar-refractivity contribution in [3.8, 4) is 17.2 Å². The molecule has 1 heterocycles. The number of rotatable bonds is 7. The van der Waals surface area contributed by atoms with Crippen molar-refractivity contribution in [2.45, 2.75) is 11.8 Å². The number of phenols is 1. The zero-order valence-electron chi connectivity index (χ0n) is 14.7. The molecule has 0 radical (unpaired) electrons. The minimum atomic E-state index is -0.109. The minimum absolute atomic E-state index is 0.109. The number of para-hydroxylation sites is 1. The molecule has 0 unspecified atom stereocenters. The maximum absolute atomic E-state index is 9.83. The lowest BCUT2D eigenvalue weighted by Gasteiger charge is -2.07. The summed E-state index contributed by atoms with van der Waals surface area (Å²) >= 11 is 7.43. The third-order valence-electron chi connectivity index (χ3n) is 3.56. The second-order valence-corrected chi connectivity index (χ2v) is 6.50. The van der Waals surface area contributed by atoms with Crippen LogP contribution in [-0.4, -0.2) is 39.6 Å². The quantitative estimate of drug-likeness (QED) is 0.476. The first-order chi connectivity index (χ1) is 13.1. The van der Waals surface area contributed by atoms with E-state index in [1.165, 1.54) is 18.9 Å². The van der Waals surface area contributed by atoms with Crippen LogP contribution in [0.2, 0.25) is 5.02 Å². The molecule has 0 fully saturated rings. The lowest BCUT2D eigenvalue weighted by molar-refractivity contribution is 0.290. The molecule has 0 aliphatic rings. The maximum Gasteiger partial charge on any atom is 0.211 e. The van der Waals surface area contributed by atoms with E-state index in [9.17, 15) is 5.11 Å². The number of benzene rings is 2. The lowest BCUT2D eigenvalue weighted by Crippen LogP contribution is -2.05. The SMILES string of the molecule is COc1cc(/C=N\n2c(COc3ccccc3)nnc2SC)cc(Cl)c1O. The average molecular weight is 405 g/mol. The summed E-state index contributed by atoms with van der Waals surface area (Å²) in [6.45, 7) is 0.217. The Morgan fingerprint density at radius 1 is 1.26 bits per heavy atom. The maximum atomic E-state index is 9.83. The Morgan fingerprint density at radius 2 is 2.04 bits per heavy atom. The van der Waals surface area contributed by atoms with Gasteiger partial charge in [0.15, 0.2) is 17.3 Å². The summed E-state index contributed by atoms with van der Waals surface area (Å²) in [6, 6.07) is 12.7. The van der Waals surface area contributed by atoms with E-state index < -0.39 is 0 Å². The van der Waals surface area contributed by atoms with Gasteiger partial charge in [-0.15, -0.1) is 10.2 Å². The molecule has 0 aliphatic carbocycles. The van der Waals surface area contributed by atoms with Crippen LogP contribution < -0.4 is 9.47 Å². The third-order valence-corrected chi connectivity index (χ3v) is 4.47. The topological polar surface area (TPSA) is 81.8 Å². The van der Waals surface area contributed by atoms with Crippen LogP contribution in [-0.2, 0) is 6.61 Å². The summed E-state index contributed by atoms with van der Waals surface area (Å²) in [5.74, 6) is 1.45. The molecule has 0 spiro atoms. The van der Waals surface area contributed by atoms with Gasteiger partial charge >= 0.3 is 0 Å². The van der Waals surface area contributed by atoms with Gasteiger partial charge in [-0.05, 0) is 36.1 Å². The highest BCUT2D eigenvalue weighted by Gasteiger charge is 2.12. The second-order valence-electron chi connectivity index (χ2n) is 5.31. The number of ether oxygens (including phenoxy) is 2. The summed E-state index contributed by atoms with van der Waals surface area (Å²) in [5, 5.41) is 23.3. The molecule has 0 saturated heterocycles. The third kappa shape index (κ3) is 4.53. The molecule has 0 aliphatic heterocycles. The first-order valence-corrected chi connectivity index (χ1v) is 9.49. The molecule has 9 heteroatoms. The summed E-state index contributed by atoms with van der Waals surface area (Å²) in [4.78, 5) is 0. The number of aromatic nitrogens is 3. The van der Waals surface area contributed by atoms with Gasteiger partial charge in [-0.2, -0.15) is 9.78 Å². The van der Waals surface area contributed by atoms with E-state index >= 15 is 0 Å². The number of methoxy groups -OCH3 is 1. The molecule has 0 atom stereocenters. The number of nitrogens with zero attached hydrogens (tertiary/aromatic N) is 4. The van der Waals surface area contributed by atoms with Gasteiger partial charge in [0.25, 0.3) is 0 Å². The Labute approximate surface area is 165 Å². The highest BCUT2D eigenvalue weighted by Crippen LogP contribution is 2.34. The summed E-state index contributed by atoms with van der Waals surface area (Å²) in [6.07, 6.45) is 3.47. The minimum Gasteiger partial charge on any atom is -0.503 e. The Balaban J connectivity index is 1.84. The molecule has 140 valence electrons. The second kappa shape index (κ2) is 8.79. The van der Waals surface area contributed by atoms with Gasteiger partial charge in [-0.3, -0.25) is 0 Å². The van der Waals surface area contributed by atoms with Crippen molar-refractivity contribution in [1.29, 1.82) is 0 Å². The highest BCUT2D eigenvalue weighted by atomic mass is 35.5. The van der Waals surface area contributed by atoms with Crippen molar-refractivity contribution >= 4 is 29.6 Å². The van der Waals surface area contributed by atoms with Crippen molar-refractivity contribution in [1.82, 2.24) is 14.9 Å². The zero-order valence-corrected chi connectivity index (χ0v) is 16.2. The zero-order chi connectivity index (χ0) is 19.2. The van der Waals surface area contributed by atoms with Crippen LogP contribution >= 0.6 is 23.4 Å². The first kappa shape index (κ1) is 19.1.